The highest BCUT2D eigenvalue weighted by Gasteiger charge is 2.29. The summed E-state index contributed by atoms with van der Waals surface area (Å²) in [6, 6.07) is 0. The van der Waals surface area contributed by atoms with Crippen molar-refractivity contribution in [3.8, 4) is 0 Å². The Morgan fingerprint density at radius 2 is 0.950 bits per heavy atom. The highest BCUT2D eigenvalue weighted by atomic mass is 16.7. The van der Waals surface area contributed by atoms with Gasteiger partial charge < -0.3 is 18.9 Å². The number of rotatable bonds is 17. The van der Waals surface area contributed by atoms with Gasteiger partial charge in [0.05, 0.1) is 13.1 Å². The fourth-order valence-corrected chi connectivity index (χ4v) is 4.77. The quantitative estimate of drug-likeness (QED) is 0.133. The van der Waals surface area contributed by atoms with Crippen molar-refractivity contribution in [1.82, 2.24) is 9.80 Å². The average molecular weight is 567 g/mol. The second-order valence-corrected chi connectivity index (χ2v) is 10.2. The molecule has 2 aliphatic heterocycles. The zero-order valence-corrected chi connectivity index (χ0v) is 24.4. The van der Waals surface area contributed by atoms with Crippen LogP contribution in [0.2, 0.25) is 0 Å². The van der Waals surface area contributed by atoms with E-state index in [4.69, 9.17) is 18.9 Å². The highest BCUT2D eigenvalue weighted by Crippen LogP contribution is 2.20. The predicted octanol–water partition coefficient (Wildman–Crippen LogP) is 5.18. The van der Waals surface area contributed by atoms with Crippen molar-refractivity contribution in [3.05, 3.63) is 0 Å². The standard InChI is InChI=1S/C28H46N4O8/c1-21(33)37-23(3)39-27(35)31-19-17-29-25(31)15-13-11-9-7-5-6-8-10-12-14-16-26-30-18-20-32(26)28(36)40-24(4)38-22(2)34/h17-18,23-26H,5-16,19-20H2,1-4H3. The van der Waals surface area contributed by atoms with Crippen LogP contribution in [-0.4, -0.2) is 84.4 Å². The molecule has 0 N–H and O–H groups in total. The van der Waals surface area contributed by atoms with E-state index in [0.717, 1.165) is 51.4 Å². The molecule has 12 heteroatoms. The molecule has 0 aromatic rings. The fourth-order valence-electron chi connectivity index (χ4n) is 4.77. The molecule has 2 rings (SSSR count). The van der Waals surface area contributed by atoms with Gasteiger partial charge in [-0.05, 0) is 25.7 Å². The summed E-state index contributed by atoms with van der Waals surface area (Å²) in [7, 11) is 0. The minimum absolute atomic E-state index is 0.214. The van der Waals surface area contributed by atoms with Crippen LogP contribution in [0.1, 0.15) is 105 Å². The van der Waals surface area contributed by atoms with Crippen LogP contribution in [-0.2, 0) is 28.5 Å². The van der Waals surface area contributed by atoms with E-state index >= 15 is 0 Å². The van der Waals surface area contributed by atoms with Gasteiger partial charge >= 0.3 is 24.1 Å². The molecule has 2 heterocycles. The average Bonchev–Trinajstić information content (AvgIpc) is 3.53. The maximum atomic E-state index is 12.3. The highest BCUT2D eigenvalue weighted by molar-refractivity contribution is 5.76. The van der Waals surface area contributed by atoms with Gasteiger partial charge in [-0.2, -0.15) is 0 Å². The lowest BCUT2D eigenvalue weighted by molar-refractivity contribution is -0.164. The minimum atomic E-state index is -0.918. The lowest BCUT2D eigenvalue weighted by atomic mass is 10.0. The molecular weight excluding hydrogens is 520 g/mol. The van der Waals surface area contributed by atoms with Gasteiger partial charge in [-0.15, -0.1) is 0 Å². The lowest BCUT2D eigenvalue weighted by Gasteiger charge is -2.24. The van der Waals surface area contributed by atoms with E-state index in [-0.39, 0.29) is 12.3 Å². The summed E-state index contributed by atoms with van der Waals surface area (Å²) in [5.74, 6) is -0.988. The number of hydrogen-bond donors (Lipinski definition) is 0. The van der Waals surface area contributed by atoms with Crippen molar-refractivity contribution in [2.75, 3.05) is 13.1 Å². The number of carbonyl (C=O) groups is 4. The molecule has 4 atom stereocenters. The first-order valence-electron chi connectivity index (χ1n) is 14.5. The van der Waals surface area contributed by atoms with Crippen LogP contribution in [0, 0.1) is 0 Å². The first-order chi connectivity index (χ1) is 19.2. The lowest BCUT2D eigenvalue weighted by Crippen LogP contribution is -2.39. The smallest absolute Gasteiger partial charge is 0.414 e. The summed E-state index contributed by atoms with van der Waals surface area (Å²) < 4.78 is 20.1. The Kier molecular flexibility index (Phi) is 15.0. The number of hydrogen-bond acceptors (Lipinski definition) is 10. The molecule has 2 aliphatic rings. The molecule has 0 bridgehead atoms. The third-order valence-electron chi connectivity index (χ3n) is 6.67. The molecule has 0 saturated carbocycles. The maximum Gasteiger partial charge on any atom is 0.414 e. The van der Waals surface area contributed by atoms with E-state index in [9.17, 15) is 19.2 Å². The van der Waals surface area contributed by atoms with Crippen LogP contribution >= 0.6 is 0 Å². The molecule has 0 saturated heterocycles. The number of unbranched alkanes of at least 4 members (excludes halogenated alkanes) is 9. The third-order valence-corrected chi connectivity index (χ3v) is 6.67. The van der Waals surface area contributed by atoms with Gasteiger partial charge in [0.1, 0.15) is 12.3 Å². The summed E-state index contributed by atoms with van der Waals surface area (Å²) in [5.41, 5.74) is 0. The van der Waals surface area contributed by atoms with Crippen LogP contribution in [0.4, 0.5) is 9.59 Å². The topological polar surface area (TPSA) is 136 Å². The van der Waals surface area contributed by atoms with Crippen molar-refractivity contribution in [3.63, 3.8) is 0 Å². The molecule has 0 aromatic carbocycles. The van der Waals surface area contributed by atoms with Gasteiger partial charge in [-0.25, -0.2) is 9.59 Å². The first kappa shape index (κ1) is 33.0. The van der Waals surface area contributed by atoms with E-state index < -0.39 is 36.7 Å². The van der Waals surface area contributed by atoms with Gasteiger partial charge in [0.25, 0.3) is 0 Å². The van der Waals surface area contributed by atoms with Crippen LogP contribution in [0.15, 0.2) is 9.98 Å². The predicted molar refractivity (Wildman–Crippen MR) is 149 cm³/mol. The Hall–Kier alpha value is -3.18. The maximum absolute atomic E-state index is 12.3. The Labute approximate surface area is 237 Å². The molecule has 0 fully saturated rings. The molecule has 0 aromatic heterocycles. The molecule has 2 amide bonds. The number of ether oxygens (including phenoxy) is 4. The zero-order valence-electron chi connectivity index (χ0n) is 24.4. The van der Waals surface area contributed by atoms with Crippen LogP contribution in [0.25, 0.3) is 0 Å². The first-order valence-corrected chi connectivity index (χ1v) is 14.5. The number of esters is 2. The van der Waals surface area contributed by atoms with E-state index in [1.807, 2.05) is 0 Å². The molecule has 0 radical (unpaired) electrons. The normalized spacial score (nSPS) is 19.4. The largest absolute Gasteiger partial charge is 0.426 e. The number of nitrogens with zero attached hydrogens (tertiary/aromatic N) is 4. The van der Waals surface area contributed by atoms with Crippen LogP contribution < -0.4 is 0 Å². The molecular formula is C28H46N4O8. The number of aliphatic imine (C=N–C) groups is 2. The van der Waals surface area contributed by atoms with Crippen molar-refractivity contribution >= 4 is 36.6 Å². The van der Waals surface area contributed by atoms with Crippen molar-refractivity contribution in [2.45, 2.75) is 130 Å². The molecule has 226 valence electrons. The van der Waals surface area contributed by atoms with Gasteiger partial charge in [-0.1, -0.05) is 51.4 Å². The van der Waals surface area contributed by atoms with Crippen LogP contribution in [0.5, 0.6) is 0 Å². The van der Waals surface area contributed by atoms with Gasteiger partial charge in [0, 0.05) is 40.1 Å². The van der Waals surface area contributed by atoms with Gasteiger partial charge in [0.2, 0.25) is 12.6 Å². The molecule has 4 unspecified atom stereocenters. The SMILES string of the molecule is CC(=O)OC(C)OC(=O)N1CC=NC1CCCCCCCCCCCCC1N=CCN1C(=O)OC(C)OC(C)=O. The van der Waals surface area contributed by atoms with Crippen molar-refractivity contribution in [2.24, 2.45) is 9.98 Å². The minimum Gasteiger partial charge on any atom is -0.426 e. The fraction of sp³-hybridized carbons (Fsp3) is 0.786. The Bertz CT molecular complexity index is 810. The molecule has 40 heavy (non-hydrogen) atoms. The Balaban J connectivity index is 1.45. The second kappa shape index (κ2) is 18.2. The van der Waals surface area contributed by atoms with Crippen LogP contribution in [0.3, 0.4) is 0 Å². The third kappa shape index (κ3) is 12.8. The number of amides is 2. The van der Waals surface area contributed by atoms with Gasteiger partial charge in [0.15, 0.2) is 0 Å². The van der Waals surface area contributed by atoms with Crippen molar-refractivity contribution in [1.29, 1.82) is 0 Å². The van der Waals surface area contributed by atoms with E-state index in [1.54, 1.807) is 22.2 Å². The number of carbonyl (C=O) groups excluding carboxylic acids is 4. The van der Waals surface area contributed by atoms with E-state index in [0.29, 0.717) is 13.1 Å². The summed E-state index contributed by atoms with van der Waals surface area (Å²) in [5, 5.41) is 0. The summed E-state index contributed by atoms with van der Waals surface area (Å²) in [6.45, 7) is 6.40. The van der Waals surface area contributed by atoms with E-state index in [1.165, 1.54) is 53.4 Å². The Morgan fingerprint density at radius 1 is 0.625 bits per heavy atom. The molecule has 12 nitrogen and oxygen atoms in total. The molecule has 0 spiro atoms. The second-order valence-electron chi connectivity index (χ2n) is 10.2. The monoisotopic (exact) mass is 566 g/mol. The Morgan fingerprint density at radius 3 is 1.27 bits per heavy atom. The summed E-state index contributed by atoms with van der Waals surface area (Å²) >= 11 is 0. The summed E-state index contributed by atoms with van der Waals surface area (Å²) in [4.78, 5) is 58.5. The van der Waals surface area contributed by atoms with E-state index in [2.05, 4.69) is 9.98 Å². The van der Waals surface area contributed by atoms with Gasteiger partial charge in [-0.3, -0.25) is 29.4 Å². The zero-order chi connectivity index (χ0) is 29.3. The molecule has 0 aliphatic carbocycles. The summed E-state index contributed by atoms with van der Waals surface area (Å²) in [6.07, 6.45) is 13.0. The van der Waals surface area contributed by atoms with Crippen molar-refractivity contribution < 1.29 is 38.1 Å².